The number of ether oxygens (including phenoxy) is 3. The lowest BCUT2D eigenvalue weighted by atomic mass is 10.4. The predicted octanol–water partition coefficient (Wildman–Crippen LogP) is 1.26. The summed E-state index contributed by atoms with van der Waals surface area (Å²) < 4.78 is 15.8. The molecule has 0 aliphatic rings. The zero-order valence-corrected chi connectivity index (χ0v) is 11.2. The Bertz CT molecular complexity index is 347. The molecule has 0 aliphatic carbocycles. The maximum Gasteiger partial charge on any atom is 0.225 e. The van der Waals surface area contributed by atoms with E-state index in [1.165, 1.54) is 0 Å². The minimum absolute atomic E-state index is 0.562. The number of hydrogen-bond acceptors (Lipinski definition) is 6. The molecule has 102 valence electrons. The van der Waals surface area contributed by atoms with Crippen LogP contribution < -0.4 is 10.1 Å². The Morgan fingerprint density at radius 3 is 2.78 bits per heavy atom. The van der Waals surface area contributed by atoms with Crippen LogP contribution in [0.4, 0.5) is 5.95 Å². The van der Waals surface area contributed by atoms with Crippen molar-refractivity contribution in [1.29, 1.82) is 0 Å². The van der Waals surface area contributed by atoms with Crippen molar-refractivity contribution in [1.82, 2.24) is 9.97 Å². The van der Waals surface area contributed by atoms with Crippen LogP contribution in [0.25, 0.3) is 0 Å². The second-order valence-corrected chi connectivity index (χ2v) is 3.74. The Balaban J connectivity index is 2.22. The number of anilines is 1. The minimum atomic E-state index is 0.562. The summed E-state index contributed by atoms with van der Waals surface area (Å²) in [5, 5.41) is 2.88. The minimum Gasteiger partial charge on any atom is -0.477 e. The average molecular weight is 255 g/mol. The first kappa shape index (κ1) is 14.7. The Morgan fingerprint density at radius 1 is 1.22 bits per heavy atom. The number of hydrogen-bond donors (Lipinski definition) is 1. The molecule has 0 amide bonds. The van der Waals surface area contributed by atoms with Gasteiger partial charge in [0.15, 0.2) is 0 Å². The van der Waals surface area contributed by atoms with Crippen molar-refractivity contribution in [3.05, 3.63) is 11.8 Å². The van der Waals surface area contributed by atoms with Gasteiger partial charge in [-0.25, -0.2) is 4.98 Å². The van der Waals surface area contributed by atoms with Gasteiger partial charge < -0.3 is 19.5 Å². The summed E-state index contributed by atoms with van der Waals surface area (Å²) in [6.45, 7) is 4.40. The van der Waals surface area contributed by atoms with E-state index in [4.69, 9.17) is 14.2 Å². The SMILES string of the molecule is CNc1ncc(C)c(OCCCOCCOC)n1. The van der Waals surface area contributed by atoms with Crippen LogP contribution in [-0.2, 0) is 9.47 Å². The largest absolute Gasteiger partial charge is 0.477 e. The predicted molar refractivity (Wildman–Crippen MR) is 69.1 cm³/mol. The van der Waals surface area contributed by atoms with Crippen LogP contribution in [0.5, 0.6) is 5.88 Å². The van der Waals surface area contributed by atoms with Crippen molar-refractivity contribution < 1.29 is 14.2 Å². The Hall–Kier alpha value is -1.40. The number of aromatic nitrogens is 2. The molecule has 0 aromatic carbocycles. The van der Waals surface area contributed by atoms with E-state index < -0.39 is 0 Å². The van der Waals surface area contributed by atoms with Crippen molar-refractivity contribution in [2.75, 3.05) is 45.9 Å². The van der Waals surface area contributed by atoms with E-state index in [2.05, 4.69) is 15.3 Å². The molecule has 1 aromatic rings. The summed E-state index contributed by atoms with van der Waals surface area (Å²) in [6, 6.07) is 0. The standard InChI is InChI=1S/C12H21N3O3/c1-10-9-14-12(13-2)15-11(10)18-6-4-5-17-8-7-16-3/h9H,4-8H2,1-3H3,(H,13,14,15). The first-order chi connectivity index (χ1) is 8.77. The molecule has 1 heterocycles. The smallest absolute Gasteiger partial charge is 0.225 e. The van der Waals surface area contributed by atoms with E-state index in [0.717, 1.165) is 12.0 Å². The topological polar surface area (TPSA) is 65.5 Å². The van der Waals surface area contributed by atoms with Crippen LogP contribution >= 0.6 is 0 Å². The zero-order valence-electron chi connectivity index (χ0n) is 11.2. The molecule has 0 atom stereocenters. The maximum absolute atomic E-state index is 5.58. The van der Waals surface area contributed by atoms with Gasteiger partial charge in [0.1, 0.15) is 0 Å². The number of nitrogens with one attached hydrogen (secondary N) is 1. The summed E-state index contributed by atoms with van der Waals surface area (Å²) in [4.78, 5) is 8.33. The number of rotatable bonds is 9. The lowest BCUT2D eigenvalue weighted by Gasteiger charge is -2.09. The molecular formula is C12H21N3O3. The number of aryl methyl sites for hydroxylation is 1. The van der Waals surface area contributed by atoms with Crippen molar-refractivity contribution in [3.8, 4) is 5.88 Å². The van der Waals surface area contributed by atoms with Gasteiger partial charge in [0.05, 0.1) is 19.8 Å². The Labute approximate surface area is 108 Å². The average Bonchev–Trinajstić information content (AvgIpc) is 2.39. The summed E-state index contributed by atoms with van der Waals surface area (Å²) >= 11 is 0. The van der Waals surface area contributed by atoms with E-state index in [-0.39, 0.29) is 0 Å². The Morgan fingerprint density at radius 2 is 2.06 bits per heavy atom. The van der Waals surface area contributed by atoms with Gasteiger partial charge in [0.25, 0.3) is 0 Å². The van der Waals surface area contributed by atoms with Crippen LogP contribution in [0.2, 0.25) is 0 Å². The molecule has 0 aliphatic heterocycles. The van der Waals surface area contributed by atoms with Crippen LogP contribution in [0.15, 0.2) is 6.20 Å². The van der Waals surface area contributed by atoms with E-state index in [0.29, 0.717) is 38.3 Å². The van der Waals surface area contributed by atoms with Gasteiger partial charge in [0, 0.05) is 38.9 Å². The molecular weight excluding hydrogens is 234 g/mol. The quantitative estimate of drug-likeness (QED) is 0.670. The maximum atomic E-state index is 5.58. The first-order valence-corrected chi connectivity index (χ1v) is 5.98. The third kappa shape index (κ3) is 5.29. The lowest BCUT2D eigenvalue weighted by molar-refractivity contribution is 0.0641. The van der Waals surface area contributed by atoms with Crippen LogP contribution in [-0.4, -0.2) is 50.6 Å². The van der Waals surface area contributed by atoms with E-state index >= 15 is 0 Å². The van der Waals surface area contributed by atoms with Crippen molar-refractivity contribution in [2.45, 2.75) is 13.3 Å². The second kappa shape index (κ2) is 8.66. The normalized spacial score (nSPS) is 10.4. The molecule has 18 heavy (non-hydrogen) atoms. The fourth-order valence-electron chi connectivity index (χ4n) is 1.27. The van der Waals surface area contributed by atoms with E-state index in [1.807, 2.05) is 6.92 Å². The first-order valence-electron chi connectivity index (χ1n) is 5.98. The molecule has 1 rings (SSSR count). The second-order valence-electron chi connectivity index (χ2n) is 3.74. The van der Waals surface area contributed by atoms with Gasteiger partial charge in [-0.15, -0.1) is 0 Å². The highest BCUT2D eigenvalue weighted by atomic mass is 16.5. The molecule has 0 bridgehead atoms. The van der Waals surface area contributed by atoms with E-state index in [9.17, 15) is 0 Å². The number of nitrogens with zero attached hydrogens (tertiary/aromatic N) is 2. The highest BCUT2D eigenvalue weighted by Crippen LogP contribution is 2.14. The fourth-order valence-corrected chi connectivity index (χ4v) is 1.27. The highest BCUT2D eigenvalue weighted by molar-refractivity contribution is 5.31. The third-order valence-corrected chi connectivity index (χ3v) is 2.25. The van der Waals surface area contributed by atoms with Gasteiger partial charge in [-0.1, -0.05) is 0 Å². The molecule has 0 spiro atoms. The molecule has 0 unspecified atom stereocenters. The van der Waals surface area contributed by atoms with Gasteiger partial charge in [-0.05, 0) is 6.92 Å². The molecule has 0 saturated heterocycles. The van der Waals surface area contributed by atoms with Gasteiger partial charge in [-0.2, -0.15) is 4.98 Å². The summed E-state index contributed by atoms with van der Waals surface area (Å²) in [5.74, 6) is 1.18. The molecule has 6 heteroatoms. The van der Waals surface area contributed by atoms with Gasteiger partial charge in [0.2, 0.25) is 11.8 Å². The summed E-state index contributed by atoms with van der Waals surface area (Å²) in [7, 11) is 3.43. The van der Waals surface area contributed by atoms with Crippen LogP contribution in [0.1, 0.15) is 12.0 Å². The third-order valence-electron chi connectivity index (χ3n) is 2.25. The monoisotopic (exact) mass is 255 g/mol. The molecule has 0 radical (unpaired) electrons. The van der Waals surface area contributed by atoms with Gasteiger partial charge in [-0.3, -0.25) is 0 Å². The summed E-state index contributed by atoms with van der Waals surface area (Å²) in [6.07, 6.45) is 2.56. The molecule has 0 saturated carbocycles. The lowest BCUT2D eigenvalue weighted by Crippen LogP contribution is -2.08. The number of methoxy groups -OCH3 is 1. The fraction of sp³-hybridized carbons (Fsp3) is 0.667. The van der Waals surface area contributed by atoms with Crippen molar-refractivity contribution >= 4 is 5.95 Å². The highest BCUT2D eigenvalue weighted by Gasteiger charge is 2.03. The molecule has 1 aromatic heterocycles. The van der Waals surface area contributed by atoms with E-state index in [1.54, 1.807) is 20.4 Å². The van der Waals surface area contributed by atoms with Gasteiger partial charge >= 0.3 is 0 Å². The molecule has 0 fully saturated rings. The van der Waals surface area contributed by atoms with Crippen LogP contribution in [0, 0.1) is 6.92 Å². The van der Waals surface area contributed by atoms with Crippen molar-refractivity contribution in [2.24, 2.45) is 0 Å². The summed E-state index contributed by atoms with van der Waals surface area (Å²) in [5.41, 5.74) is 0.925. The molecule has 1 N–H and O–H groups in total. The molecule has 6 nitrogen and oxygen atoms in total. The van der Waals surface area contributed by atoms with Crippen molar-refractivity contribution in [3.63, 3.8) is 0 Å². The zero-order chi connectivity index (χ0) is 13.2. The Kier molecular flexibility index (Phi) is 7.05. The van der Waals surface area contributed by atoms with Crippen LogP contribution in [0.3, 0.4) is 0 Å².